The Morgan fingerprint density at radius 1 is 0.697 bits per heavy atom. The van der Waals surface area contributed by atoms with E-state index in [0.717, 1.165) is 39.2 Å². The zero-order valence-corrected chi connectivity index (χ0v) is 20.1. The molecule has 4 aromatic rings. The van der Waals surface area contributed by atoms with E-state index in [0.29, 0.717) is 5.56 Å². The quantitative estimate of drug-likeness (QED) is 0.310. The Morgan fingerprint density at radius 2 is 1.39 bits per heavy atom. The average molecular weight is 435 g/mol. The first-order valence-electron chi connectivity index (χ1n) is 13.2. The molecule has 0 atom stereocenters. The number of hydrogen-bond acceptors (Lipinski definition) is 1. The summed E-state index contributed by atoms with van der Waals surface area (Å²) < 4.78 is 25.5. The minimum absolute atomic E-state index is 0.0563. The molecule has 0 unspecified atom stereocenters. The van der Waals surface area contributed by atoms with E-state index in [1.54, 1.807) is 0 Å². The summed E-state index contributed by atoms with van der Waals surface area (Å²) in [7, 11) is 0. The lowest BCUT2D eigenvalue weighted by Gasteiger charge is -2.34. The van der Waals surface area contributed by atoms with Gasteiger partial charge in [-0.25, -0.2) is 0 Å². The second kappa shape index (κ2) is 7.92. The average Bonchev–Trinajstić information content (AvgIpc) is 3.06. The monoisotopic (exact) mass is 434 g/mol. The molecule has 1 heteroatoms. The number of nitrogens with zero attached hydrogens (tertiary/aromatic N) is 1. The molecule has 0 fully saturated rings. The Hall–Kier alpha value is -3.32. The SMILES string of the molecule is [2H]C([2H])([2H])c1cc2c(cc1N(c1cc(-c3ccccc3)ccc1C)C(C)C)C(C)(C)c1ccccc1-2. The minimum atomic E-state index is -2.25. The van der Waals surface area contributed by atoms with Gasteiger partial charge < -0.3 is 4.90 Å². The molecule has 0 bridgehead atoms. The Labute approximate surface area is 202 Å². The third-order valence-electron chi connectivity index (χ3n) is 7.05. The van der Waals surface area contributed by atoms with Crippen LogP contribution in [0.5, 0.6) is 0 Å². The Balaban J connectivity index is 1.77. The Kier molecular flexibility index (Phi) is 4.35. The highest BCUT2D eigenvalue weighted by molar-refractivity contribution is 5.85. The van der Waals surface area contributed by atoms with E-state index >= 15 is 0 Å². The first kappa shape index (κ1) is 18.1. The van der Waals surface area contributed by atoms with Gasteiger partial charge in [-0.1, -0.05) is 80.6 Å². The molecule has 166 valence electrons. The van der Waals surface area contributed by atoms with E-state index < -0.39 is 6.85 Å². The summed E-state index contributed by atoms with van der Waals surface area (Å²) in [6.07, 6.45) is 0. The lowest BCUT2D eigenvalue weighted by Crippen LogP contribution is -2.27. The van der Waals surface area contributed by atoms with E-state index in [9.17, 15) is 0 Å². The molecular weight excluding hydrogens is 398 g/mol. The van der Waals surface area contributed by atoms with Crippen LogP contribution in [0.2, 0.25) is 0 Å². The second-order valence-electron chi connectivity index (χ2n) is 9.92. The van der Waals surface area contributed by atoms with Crippen molar-refractivity contribution in [2.24, 2.45) is 0 Å². The number of hydrogen-bond donors (Lipinski definition) is 0. The Bertz CT molecular complexity index is 1430. The van der Waals surface area contributed by atoms with Crippen LogP contribution in [0.15, 0.2) is 84.9 Å². The van der Waals surface area contributed by atoms with Gasteiger partial charge in [0.15, 0.2) is 0 Å². The minimum Gasteiger partial charge on any atom is -0.338 e. The third kappa shape index (κ3) is 3.47. The van der Waals surface area contributed by atoms with Crippen LogP contribution in [-0.4, -0.2) is 6.04 Å². The van der Waals surface area contributed by atoms with Gasteiger partial charge in [-0.2, -0.15) is 0 Å². The molecule has 0 radical (unpaired) electrons. The predicted molar refractivity (Wildman–Crippen MR) is 143 cm³/mol. The van der Waals surface area contributed by atoms with Crippen LogP contribution in [0.3, 0.4) is 0 Å². The number of rotatable bonds is 4. The van der Waals surface area contributed by atoms with E-state index in [1.807, 2.05) is 30.3 Å². The summed E-state index contributed by atoms with van der Waals surface area (Å²) in [5.41, 5.74) is 9.93. The van der Waals surface area contributed by atoms with Crippen LogP contribution in [0.1, 0.15) is 54.1 Å². The van der Waals surface area contributed by atoms with Crippen molar-refractivity contribution in [3.63, 3.8) is 0 Å². The van der Waals surface area contributed by atoms with Gasteiger partial charge in [-0.05, 0) is 90.3 Å². The Morgan fingerprint density at radius 3 is 2.12 bits per heavy atom. The van der Waals surface area contributed by atoms with Crippen LogP contribution >= 0.6 is 0 Å². The molecule has 5 rings (SSSR count). The summed E-state index contributed by atoms with van der Waals surface area (Å²) in [5.74, 6) is 0. The number of aryl methyl sites for hydroxylation is 2. The molecular formula is C32H33N. The van der Waals surface area contributed by atoms with Crippen LogP contribution in [-0.2, 0) is 5.41 Å². The van der Waals surface area contributed by atoms with E-state index in [2.05, 4.69) is 94.1 Å². The van der Waals surface area contributed by atoms with Gasteiger partial charge >= 0.3 is 0 Å². The maximum atomic E-state index is 8.49. The zero-order chi connectivity index (χ0) is 25.8. The highest BCUT2D eigenvalue weighted by atomic mass is 15.2. The maximum Gasteiger partial charge on any atom is 0.0449 e. The molecule has 0 heterocycles. The summed E-state index contributed by atoms with van der Waals surface area (Å²) in [6.45, 7) is 8.58. The van der Waals surface area contributed by atoms with Crippen LogP contribution < -0.4 is 4.90 Å². The predicted octanol–water partition coefficient (Wildman–Crippen LogP) is 8.82. The first-order chi connectivity index (χ1) is 17.0. The lowest BCUT2D eigenvalue weighted by atomic mass is 9.82. The molecule has 4 aromatic carbocycles. The van der Waals surface area contributed by atoms with Gasteiger partial charge in [0.1, 0.15) is 0 Å². The standard InChI is InChI=1S/C32H33N/c1-21(2)33(30-19-25(17-16-22(30)3)24-12-8-7-9-13-24)31-20-29-27(18-23(31)4)26-14-10-11-15-28(26)32(29,5)6/h7-21H,1-6H3/i4D3. The molecule has 1 aliphatic carbocycles. The van der Waals surface area contributed by atoms with Crippen LogP contribution in [0.4, 0.5) is 11.4 Å². The highest BCUT2D eigenvalue weighted by Gasteiger charge is 2.36. The number of anilines is 2. The molecule has 1 aliphatic rings. The van der Waals surface area contributed by atoms with Crippen molar-refractivity contribution in [1.82, 2.24) is 0 Å². The van der Waals surface area contributed by atoms with Crippen LogP contribution in [0, 0.1) is 13.8 Å². The van der Waals surface area contributed by atoms with E-state index in [4.69, 9.17) is 4.11 Å². The fourth-order valence-corrected chi connectivity index (χ4v) is 5.30. The molecule has 0 amide bonds. The van der Waals surface area contributed by atoms with E-state index in [-0.39, 0.29) is 11.5 Å². The second-order valence-corrected chi connectivity index (χ2v) is 9.92. The number of benzene rings is 4. The summed E-state index contributed by atoms with van der Waals surface area (Å²) in [5, 5.41) is 0. The van der Waals surface area contributed by atoms with Crippen molar-refractivity contribution in [1.29, 1.82) is 0 Å². The smallest absolute Gasteiger partial charge is 0.0449 e. The first-order valence-corrected chi connectivity index (χ1v) is 11.7. The fraction of sp³-hybridized carbons (Fsp3) is 0.250. The molecule has 0 spiro atoms. The van der Waals surface area contributed by atoms with Crippen molar-refractivity contribution in [2.45, 2.75) is 52.9 Å². The summed E-state index contributed by atoms with van der Waals surface area (Å²) in [6, 6.07) is 29.3. The van der Waals surface area contributed by atoms with Gasteiger partial charge in [0.25, 0.3) is 0 Å². The van der Waals surface area contributed by atoms with Crippen molar-refractivity contribution in [3.8, 4) is 22.3 Å². The van der Waals surface area contributed by atoms with Crippen molar-refractivity contribution < 1.29 is 4.11 Å². The normalized spacial score (nSPS) is 15.4. The van der Waals surface area contributed by atoms with Gasteiger partial charge in [0.2, 0.25) is 0 Å². The summed E-state index contributed by atoms with van der Waals surface area (Å²) in [4.78, 5) is 2.21. The molecule has 0 saturated carbocycles. The zero-order valence-electron chi connectivity index (χ0n) is 23.1. The number of fused-ring (bicyclic) bond motifs is 3. The van der Waals surface area contributed by atoms with Crippen molar-refractivity contribution in [3.05, 3.63) is 107 Å². The van der Waals surface area contributed by atoms with Gasteiger partial charge in [-0.15, -0.1) is 0 Å². The summed E-state index contributed by atoms with van der Waals surface area (Å²) >= 11 is 0. The van der Waals surface area contributed by atoms with Crippen molar-refractivity contribution >= 4 is 11.4 Å². The van der Waals surface area contributed by atoms with Gasteiger partial charge in [0, 0.05) is 26.9 Å². The molecule has 0 aromatic heterocycles. The lowest BCUT2D eigenvalue weighted by molar-refractivity contribution is 0.659. The van der Waals surface area contributed by atoms with Gasteiger partial charge in [-0.3, -0.25) is 0 Å². The molecule has 0 saturated heterocycles. The largest absolute Gasteiger partial charge is 0.338 e. The van der Waals surface area contributed by atoms with E-state index in [1.165, 1.54) is 11.1 Å². The molecule has 33 heavy (non-hydrogen) atoms. The maximum absolute atomic E-state index is 8.49. The van der Waals surface area contributed by atoms with Crippen LogP contribution in [0.25, 0.3) is 22.3 Å². The van der Waals surface area contributed by atoms with Crippen molar-refractivity contribution in [2.75, 3.05) is 4.90 Å². The molecule has 0 N–H and O–H groups in total. The highest BCUT2D eigenvalue weighted by Crippen LogP contribution is 2.51. The fourth-order valence-electron chi connectivity index (χ4n) is 5.30. The topological polar surface area (TPSA) is 3.24 Å². The molecule has 1 nitrogen and oxygen atoms in total. The third-order valence-corrected chi connectivity index (χ3v) is 7.05. The molecule has 0 aliphatic heterocycles. The van der Waals surface area contributed by atoms with Gasteiger partial charge in [0.05, 0.1) is 0 Å².